The number of esters is 1. The molecule has 0 saturated carbocycles. The van der Waals surface area contributed by atoms with Gasteiger partial charge in [-0.25, -0.2) is 0 Å². The average molecular weight is 198 g/mol. The third-order valence-electron chi connectivity index (χ3n) is 1.36. The molecule has 0 aliphatic rings. The van der Waals surface area contributed by atoms with Crippen LogP contribution >= 0.6 is 0 Å². The van der Waals surface area contributed by atoms with E-state index >= 15 is 0 Å². The monoisotopic (exact) mass is 198 g/mol. The number of nitrogens with zero attached hydrogens (tertiary/aromatic N) is 1. The number of ether oxygens (including phenoxy) is 1. The third kappa shape index (κ3) is 2.89. The predicted octanol–water partition coefficient (Wildman–Crippen LogP) is -0.0325. The lowest BCUT2D eigenvalue weighted by Crippen LogP contribution is -2.30. The van der Waals surface area contributed by atoms with Gasteiger partial charge in [0.15, 0.2) is 0 Å². The average Bonchev–Trinajstić information content (AvgIpc) is 2.67. The summed E-state index contributed by atoms with van der Waals surface area (Å²) >= 11 is 0. The zero-order valence-corrected chi connectivity index (χ0v) is 7.65. The van der Waals surface area contributed by atoms with E-state index in [1.165, 1.54) is 12.3 Å². The largest absolute Gasteiger partial charge is 0.465 e. The smallest absolute Gasteiger partial charge is 0.325 e. The minimum absolute atomic E-state index is 0.0642. The van der Waals surface area contributed by atoms with Crippen LogP contribution in [-0.2, 0) is 9.53 Å². The predicted molar refractivity (Wildman–Crippen MR) is 45.5 cm³/mol. The molecule has 6 nitrogen and oxygen atoms in total. The quantitative estimate of drug-likeness (QED) is 0.687. The number of rotatable bonds is 4. The van der Waals surface area contributed by atoms with Crippen LogP contribution in [0.25, 0.3) is 0 Å². The second-order valence-electron chi connectivity index (χ2n) is 2.36. The van der Waals surface area contributed by atoms with E-state index in [-0.39, 0.29) is 18.9 Å². The molecule has 1 rings (SSSR count). The van der Waals surface area contributed by atoms with Gasteiger partial charge >= 0.3 is 5.97 Å². The molecule has 0 fully saturated rings. The van der Waals surface area contributed by atoms with Crippen molar-refractivity contribution in [1.82, 2.24) is 10.5 Å². The highest BCUT2D eigenvalue weighted by Gasteiger charge is 2.10. The number of nitrogens with one attached hydrogen (secondary N) is 1. The van der Waals surface area contributed by atoms with E-state index in [4.69, 9.17) is 0 Å². The van der Waals surface area contributed by atoms with Gasteiger partial charge in [0.25, 0.3) is 5.91 Å². The Labute approximate surface area is 80.2 Å². The molecule has 14 heavy (non-hydrogen) atoms. The van der Waals surface area contributed by atoms with E-state index in [0.29, 0.717) is 0 Å². The summed E-state index contributed by atoms with van der Waals surface area (Å²) in [6, 6.07) is 1.40. The number of amides is 1. The molecule has 0 saturated heterocycles. The second kappa shape index (κ2) is 5.00. The van der Waals surface area contributed by atoms with Gasteiger partial charge in [-0.3, -0.25) is 9.59 Å². The maximum Gasteiger partial charge on any atom is 0.325 e. The fourth-order valence-corrected chi connectivity index (χ4v) is 0.784. The SMILES string of the molecule is CCOC(=O)CNC(=O)c1ccno1. The summed E-state index contributed by atoms with van der Waals surface area (Å²) in [6.07, 6.45) is 1.35. The molecule has 1 aromatic rings. The van der Waals surface area contributed by atoms with Crippen LogP contribution in [0.2, 0.25) is 0 Å². The van der Waals surface area contributed by atoms with Crippen LogP contribution < -0.4 is 5.32 Å². The molecule has 1 amide bonds. The van der Waals surface area contributed by atoms with E-state index in [0.717, 1.165) is 0 Å². The lowest BCUT2D eigenvalue weighted by Gasteiger charge is -2.01. The van der Waals surface area contributed by atoms with Crippen molar-refractivity contribution in [2.75, 3.05) is 13.2 Å². The maximum absolute atomic E-state index is 11.2. The first kappa shape index (κ1) is 10.2. The number of hydrogen-bond donors (Lipinski definition) is 1. The minimum atomic E-state index is -0.490. The molecular formula is C8H10N2O4. The zero-order chi connectivity index (χ0) is 10.4. The highest BCUT2D eigenvalue weighted by Crippen LogP contribution is 1.94. The molecule has 0 spiro atoms. The molecule has 0 atom stereocenters. The molecule has 0 aliphatic heterocycles. The lowest BCUT2D eigenvalue weighted by molar-refractivity contribution is -0.141. The topological polar surface area (TPSA) is 81.4 Å². The van der Waals surface area contributed by atoms with Gasteiger partial charge in [-0.2, -0.15) is 0 Å². The molecule has 0 aliphatic carbocycles. The molecule has 1 heterocycles. The van der Waals surface area contributed by atoms with Crippen molar-refractivity contribution in [1.29, 1.82) is 0 Å². The molecule has 0 radical (unpaired) electrons. The van der Waals surface area contributed by atoms with Crippen LogP contribution in [0.15, 0.2) is 16.8 Å². The van der Waals surface area contributed by atoms with Crippen molar-refractivity contribution in [3.8, 4) is 0 Å². The van der Waals surface area contributed by atoms with Crippen LogP contribution in [-0.4, -0.2) is 30.2 Å². The van der Waals surface area contributed by atoms with Gasteiger partial charge in [0.2, 0.25) is 5.76 Å². The molecule has 0 aromatic carbocycles. The van der Waals surface area contributed by atoms with Gasteiger partial charge in [-0.1, -0.05) is 5.16 Å². The summed E-state index contributed by atoms with van der Waals surface area (Å²) in [5.74, 6) is -0.912. The Morgan fingerprint density at radius 1 is 1.64 bits per heavy atom. The Hall–Kier alpha value is -1.85. The fourth-order valence-electron chi connectivity index (χ4n) is 0.784. The second-order valence-corrected chi connectivity index (χ2v) is 2.36. The van der Waals surface area contributed by atoms with Gasteiger partial charge in [-0.15, -0.1) is 0 Å². The van der Waals surface area contributed by atoms with E-state index in [1.807, 2.05) is 0 Å². The number of carbonyl (C=O) groups excluding carboxylic acids is 2. The third-order valence-corrected chi connectivity index (χ3v) is 1.36. The first-order valence-electron chi connectivity index (χ1n) is 4.08. The molecule has 1 N–H and O–H groups in total. The molecule has 1 aromatic heterocycles. The molecule has 0 unspecified atom stereocenters. The summed E-state index contributed by atoms with van der Waals surface area (Å²) in [4.78, 5) is 22.0. The summed E-state index contributed by atoms with van der Waals surface area (Å²) in [6.45, 7) is 1.81. The van der Waals surface area contributed by atoms with Crippen LogP contribution in [0.1, 0.15) is 17.5 Å². The van der Waals surface area contributed by atoms with Gasteiger partial charge in [-0.05, 0) is 6.92 Å². The summed E-state index contributed by atoms with van der Waals surface area (Å²) in [5, 5.41) is 5.68. The Morgan fingerprint density at radius 2 is 2.43 bits per heavy atom. The van der Waals surface area contributed by atoms with Gasteiger partial charge in [0, 0.05) is 6.07 Å². The van der Waals surface area contributed by atoms with Crippen molar-refractivity contribution in [2.45, 2.75) is 6.92 Å². The van der Waals surface area contributed by atoms with Crippen molar-refractivity contribution in [2.24, 2.45) is 0 Å². The van der Waals surface area contributed by atoms with Crippen LogP contribution in [0, 0.1) is 0 Å². The number of aromatic nitrogens is 1. The summed E-state index contributed by atoms with van der Waals surface area (Å²) in [5.41, 5.74) is 0. The van der Waals surface area contributed by atoms with E-state index in [9.17, 15) is 9.59 Å². The van der Waals surface area contributed by atoms with Crippen LogP contribution in [0.3, 0.4) is 0 Å². The maximum atomic E-state index is 11.2. The standard InChI is InChI=1S/C8H10N2O4/c1-2-13-7(11)5-9-8(12)6-3-4-10-14-6/h3-4H,2,5H2,1H3,(H,9,12). The van der Waals surface area contributed by atoms with Gasteiger partial charge < -0.3 is 14.6 Å². The highest BCUT2D eigenvalue weighted by molar-refractivity contribution is 5.93. The Bertz CT molecular complexity index is 307. The summed E-state index contributed by atoms with van der Waals surface area (Å²) in [7, 11) is 0. The zero-order valence-electron chi connectivity index (χ0n) is 7.65. The molecule has 76 valence electrons. The van der Waals surface area contributed by atoms with Crippen molar-refractivity contribution < 1.29 is 18.8 Å². The Balaban J connectivity index is 2.32. The highest BCUT2D eigenvalue weighted by atomic mass is 16.5. The molecular weight excluding hydrogens is 188 g/mol. The summed E-state index contributed by atoms with van der Waals surface area (Å²) < 4.78 is 9.18. The first-order valence-corrected chi connectivity index (χ1v) is 4.08. The van der Waals surface area contributed by atoms with E-state index < -0.39 is 11.9 Å². The molecule has 6 heteroatoms. The minimum Gasteiger partial charge on any atom is -0.465 e. The molecule has 0 bridgehead atoms. The van der Waals surface area contributed by atoms with Crippen molar-refractivity contribution in [3.63, 3.8) is 0 Å². The van der Waals surface area contributed by atoms with Crippen molar-refractivity contribution >= 4 is 11.9 Å². The normalized spacial score (nSPS) is 9.50. The Kier molecular flexibility index (Phi) is 3.66. The Morgan fingerprint density at radius 3 is 3.00 bits per heavy atom. The van der Waals surface area contributed by atoms with Crippen LogP contribution in [0.5, 0.6) is 0 Å². The lowest BCUT2D eigenvalue weighted by atomic mass is 10.4. The van der Waals surface area contributed by atoms with Gasteiger partial charge in [0.05, 0.1) is 12.8 Å². The first-order chi connectivity index (χ1) is 6.74. The number of carbonyl (C=O) groups is 2. The number of hydrogen-bond acceptors (Lipinski definition) is 5. The van der Waals surface area contributed by atoms with Crippen LogP contribution in [0.4, 0.5) is 0 Å². The fraction of sp³-hybridized carbons (Fsp3) is 0.375. The van der Waals surface area contributed by atoms with Crippen molar-refractivity contribution in [3.05, 3.63) is 18.0 Å². The van der Waals surface area contributed by atoms with E-state index in [1.54, 1.807) is 6.92 Å². The van der Waals surface area contributed by atoms with E-state index in [2.05, 4.69) is 19.7 Å². The van der Waals surface area contributed by atoms with Gasteiger partial charge in [0.1, 0.15) is 6.54 Å².